The van der Waals surface area contributed by atoms with Gasteiger partial charge < -0.3 is 16.0 Å². The normalized spacial score (nSPS) is 15.9. The van der Waals surface area contributed by atoms with E-state index in [1.165, 1.54) is 12.1 Å². The van der Waals surface area contributed by atoms with Gasteiger partial charge in [0.25, 0.3) is 0 Å². The number of nitrogens with two attached hydrogens (primary N) is 1. The topological polar surface area (TPSA) is 75.4 Å². The Morgan fingerprint density at radius 3 is 2.32 bits per heavy atom. The van der Waals surface area contributed by atoms with E-state index in [0.717, 1.165) is 16.7 Å². The van der Waals surface area contributed by atoms with Gasteiger partial charge >= 0.3 is 0 Å². The molecule has 2 aromatic carbocycles. The molecule has 1 aliphatic rings. The quantitative estimate of drug-likeness (QED) is 0.834. The van der Waals surface area contributed by atoms with Crippen molar-refractivity contribution in [2.75, 3.05) is 13.1 Å². The molecule has 1 heterocycles. The van der Waals surface area contributed by atoms with Gasteiger partial charge in [-0.1, -0.05) is 42.0 Å². The summed E-state index contributed by atoms with van der Waals surface area (Å²) < 4.78 is 12.9. The maximum absolute atomic E-state index is 12.9. The summed E-state index contributed by atoms with van der Waals surface area (Å²) in [5.41, 5.74) is 8.91. The predicted octanol–water partition coefficient (Wildman–Crippen LogP) is 2.69. The molecule has 2 amide bonds. The molecule has 1 unspecified atom stereocenters. The van der Waals surface area contributed by atoms with Crippen LogP contribution in [0, 0.1) is 18.7 Å². The molecular formula is C22H26FN3O2. The second kappa shape index (κ2) is 8.97. The summed E-state index contributed by atoms with van der Waals surface area (Å²) in [6.07, 6.45) is 1.23. The Balaban J connectivity index is 1.47. The number of benzene rings is 2. The number of nitrogens with zero attached hydrogens (tertiary/aromatic N) is 1. The molecule has 1 atom stereocenters. The molecular weight excluding hydrogens is 357 g/mol. The molecule has 6 heteroatoms. The first-order valence-electron chi connectivity index (χ1n) is 9.57. The Hall–Kier alpha value is -2.73. The van der Waals surface area contributed by atoms with Gasteiger partial charge in [-0.25, -0.2) is 4.39 Å². The summed E-state index contributed by atoms with van der Waals surface area (Å²) in [7, 11) is 0. The minimum Gasteiger partial charge on any atom is -0.352 e. The third-order valence-corrected chi connectivity index (χ3v) is 5.26. The van der Waals surface area contributed by atoms with E-state index in [1.807, 2.05) is 31.2 Å². The maximum Gasteiger partial charge on any atom is 0.244 e. The van der Waals surface area contributed by atoms with Crippen molar-refractivity contribution in [3.8, 4) is 0 Å². The zero-order chi connectivity index (χ0) is 20.1. The van der Waals surface area contributed by atoms with Crippen LogP contribution in [0.2, 0.25) is 0 Å². The fraction of sp³-hybridized carbons (Fsp3) is 0.364. The van der Waals surface area contributed by atoms with Crippen LogP contribution in [-0.2, 0) is 16.1 Å². The lowest BCUT2D eigenvalue weighted by atomic mass is 9.94. The SMILES string of the molecule is Cc1ccc(C(N)C(=O)N2CCC(C(=O)NCc3ccc(F)cc3)CC2)cc1. The van der Waals surface area contributed by atoms with Crippen LogP contribution in [0.3, 0.4) is 0 Å². The van der Waals surface area contributed by atoms with Gasteiger partial charge in [0.15, 0.2) is 0 Å². The monoisotopic (exact) mass is 383 g/mol. The van der Waals surface area contributed by atoms with Crippen molar-refractivity contribution < 1.29 is 14.0 Å². The average Bonchev–Trinajstić information content (AvgIpc) is 2.73. The standard InChI is InChI=1S/C22H26FN3O2/c1-15-2-6-17(7-3-15)20(24)22(28)26-12-10-18(11-13-26)21(27)25-14-16-4-8-19(23)9-5-16/h2-9,18,20H,10-14,24H2,1H3,(H,25,27). The molecule has 3 N–H and O–H groups in total. The third-order valence-electron chi connectivity index (χ3n) is 5.26. The highest BCUT2D eigenvalue weighted by Gasteiger charge is 2.29. The average molecular weight is 383 g/mol. The van der Waals surface area contributed by atoms with Crippen LogP contribution in [-0.4, -0.2) is 29.8 Å². The third kappa shape index (κ3) is 4.95. The van der Waals surface area contributed by atoms with Crippen LogP contribution in [0.4, 0.5) is 4.39 Å². The molecule has 0 saturated carbocycles. The largest absolute Gasteiger partial charge is 0.352 e. The number of carbonyl (C=O) groups excluding carboxylic acids is 2. The Morgan fingerprint density at radius 1 is 1.11 bits per heavy atom. The van der Waals surface area contributed by atoms with E-state index in [2.05, 4.69) is 5.32 Å². The predicted molar refractivity (Wildman–Crippen MR) is 106 cm³/mol. The second-order valence-corrected chi connectivity index (χ2v) is 7.33. The van der Waals surface area contributed by atoms with Gasteiger partial charge in [0.2, 0.25) is 11.8 Å². The number of hydrogen-bond acceptors (Lipinski definition) is 3. The Kier molecular flexibility index (Phi) is 6.41. The van der Waals surface area contributed by atoms with E-state index in [1.54, 1.807) is 17.0 Å². The molecule has 5 nitrogen and oxygen atoms in total. The minimum atomic E-state index is -0.676. The van der Waals surface area contributed by atoms with E-state index in [0.29, 0.717) is 32.5 Å². The maximum atomic E-state index is 12.9. The highest BCUT2D eigenvalue weighted by molar-refractivity contribution is 5.84. The Labute approximate surface area is 164 Å². The number of nitrogens with one attached hydrogen (secondary N) is 1. The van der Waals surface area contributed by atoms with Gasteiger partial charge in [-0.05, 0) is 43.0 Å². The lowest BCUT2D eigenvalue weighted by Crippen LogP contribution is -2.46. The van der Waals surface area contributed by atoms with Crippen LogP contribution in [0.1, 0.15) is 35.6 Å². The molecule has 3 rings (SSSR count). The zero-order valence-corrected chi connectivity index (χ0v) is 16.0. The molecule has 0 spiro atoms. The van der Waals surface area contributed by atoms with Crippen molar-refractivity contribution >= 4 is 11.8 Å². The number of halogens is 1. The summed E-state index contributed by atoms with van der Waals surface area (Å²) in [6, 6.07) is 13.0. The van der Waals surface area contributed by atoms with Gasteiger partial charge in [-0.15, -0.1) is 0 Å². The number of aryl methyl sites for hydroxylation is 1. The van der Waals surface area contributed by atoms with Crippen molar-refractivity contribution in [1.29, 1.82) is 0 Å². The zero-order valence-electron chi connectivity index (χ0n) is 16.0. The van der Waals surface area contributed by atoms with Crippen LogP contribution < -0.4 is 11.1 Å². The van der Waals surface area contributed by atoms with Crippen LogP contribution in [0.15, 0.2) is 48.5 Å². The van der Waals surface area contributed by atoms with Crippen molar-refractivity contribution in [3.63, 3.8) is 0 Å². The molecule has 1 fully saturated rings. The van der Waals surface area contributed by atoms with E-state index in [4.69, 9.17) is 5.73 Å². The van der Waals surface area contributed by atoms with Gasteiger partial charge in [-0.2, -0.15) is 0 Å². The number of amides is 2. The molecule has 1 saturated heterocycles. The molecule has 0 aliphatic carbocycles. The Morgan fingerprint density at radius 2 is 1.71 bits per heavy atom. The summed E-state index contributed by atoms with van der Waals surface area (Å²) in [4.78, 5) is 26.8. The number of likely N-dealkylation sites (tertiary alicyclic amines) is 1. The lowest BCUT2D eigenvalue weighted by molar-refractivity contribution is -0.136. The van der Waals surface area contributed by atoms with Crippen LogP contribution in [0.25, 0.3) is 0 Å². The fourth-order valence-electron chi connectivity index (χ4n) is 3.41. The number of rotatable bonds is 5. The first-order valence-corrected chi connectivity index (χ1v) is 9.57. The highest BCUT2D eigenvalue weighted by atomic mass is 19.1. The molecule has 2 aromatic rings. The number of hydrogen-bond donors (Lipinski definition) is 2. The summed E-state index contributed by atoms with van der Waals surface area (Å²) >= 11 is 0. The van der Waals surface area contributed by atoms with Gasteiger partial charge in [0.1, 0.15) is 11.9 Å². The van der Waals surface area contributed by atoms with Crippen molar-refractivity contribution in [2.45, 2.75) is 32.4 Å². The van der Waals surface area contributed by atoms with Crippen molar-refractivity contribution in [3.05, 3.63) is 71.0 Å². The fourth-order valence-corrected chi connectivity index (χ4v) is 3.41. The van der Waals surface area contributed by atoms with Gasteiger partial charge in [-0.3, -0.25) is 9.59 Å². The highest BCUT2D eigenvalue weighted by Crippen LogP contribution is 2.21. The Bertz CT molecular complexity index is 813. The number of piperidine rings is 1. The van der Waals surface area contributed by atoms with Gasteiger partial charge in [0, 0.05) is 25.6 Å². The summed E-state index contributed by atoms with van der Waals surface area (Å²) in [5, 5.41) is 2.90. The van der Waals surface area contributed by atoms with E-state index in [-0.39, 0.29) is 23.5 Å². The van der Waals surface area contributed by atoms with Crippen molar-refractivity contribution in [2.24, 2.45) is 11.7 Å². The first-order chi connectivity index (χ1) is 13.4. The number of carbonyl (C=O) groups is 2. The van der Waals surface area contributed by atoms with Crippen LogP contribution in [0.5, 0.6) is 0 Å². The summed E-state index contributed by atoms with van der Waals surface area (Å²) in [6.45, 7) is 3.40. The van der Waals surface area contributed by atoms with Crippen LogP contribution >= 0.6 is 0 Å². The smallest absolute Gasteiger partial charge is 0.244 e. The second-order valence-electron chi connectivity index (χ2n) is 7.33. The van der Waals surface area contributed by atoms with Crippen molar-refractivity contribution in [1.82, 2.24) is 10.2 Å². The minimum absolute atomic E-state index is 0.0285. The van der Waals surface area contributed by atoms with E-state index in [9.17, 15) is 14.0 Å². The van der Waals surface area contributed by atoms with E-state index < -0.39 is 6.04 Å². The molecule has 0 radical (unpaired) electrons. The molecule has 1 aliphatic heterocycles. The molecule has 0 aromatic heterocycles. The van der Waals surface area contributed by atoms with E-state index >= 15 is 0 Å². The summed E-state index contributed by atoms with van der Waals surface area (Å²) in [5.74, 6) is -0.552. The molecule has 0 bridgehead atoms. The van der Waals surface area contributed by atoms with Gasteiger partial charge in [0.05, 0.1) is 0 Å². The lowest BCUT2D eigenvalue weighted by Gasteiger charge is -2.33. The first kappa shape index (κ1) is 20.0. The molecule has 148 valence electrons. The molecule has 28 heavy (non-hydrogen) atoms.